The van der Waals surface area contributed by atoms with Gasteiger partial charge < -0.3 is 19.8 Å². The lowest BCUT2D eigenvalue weighted by Crippen LogP contribution is -2.59. The number of oxime groups is 1. The van der Waals surface area contributed by atoms with E-state index in [-0.39, 0.29) is 6.54 Å². The second-order valence-corrected chi connectivity index (χ2v) is 8.20. The fourth-order valence-electron chi connectivity index (χ4n) is 3.33. The van der Waals surface area contributed by atoms with Crippen LogP contribution in [-0.4, -0.2) is 51.1 Å². The van der Waals surface area contributed by atoms with Crippen LogP contribution in [-0.2, 0) is 9.57 Å². The molecule has 1 saturated heterocycles. The first kappa shape index (κ1) is 19.2. The third-order valence-corrected chi connectivity index (χ3v) is 4.76. The summed E-state index contributed by atoms with van der Waals surface area (Å²) >= 11 is 12.1. The van der Waals surface area contributed by atoms with Crippen molar-refractivity contribution in [3.05, 3.63) is 33.8 Å². The van der Waals surface area contributed by atoms with Crippen molar-refractivity contribution >= 4 is 35.0 Å². The Morgan fingerprint density at radius 3 is 2.50 bits per heavy atom. The molecule has 2 aliphatic heterocycles. The normalized spacial score (nSPS) is 25.2. The number of carbonyl (C=O) groups excluding carboxylic acids is 1. The molecule has 0 bridgehead atoms. The van der Waals surface area contributed by atoms with Crippen molar-refractivity contribution in [2.24, 2.45) is 11.1 Å². The van der Waals surface area contributed by atoms with Gasteiger partial charge in [-0.05, 0) is 45.4 Å². The first-order chi connectivity index (χ1) is 12.0. The maximum absolute atomic E-state index is 12.6. The first-order valence-electron chi connectivity index (χ1n) is 8.14. The van der Waals surface area contributed by atoms with Crippen LogP contribution in [0.2, 0.25) is 10.0 Å². The Morgan fingerprint density at radius 1 is 1.35 bits per heavy atom. The highest BCUT2D eigenvalue weighted by Gasteiger charge is 2.64. The van der Waals surface area contributed by atoms with Gasteiger partial charge in [-0.3, -0.25) is 4.90 Å². The summed E-state index contributed by atoms with van der Waals surface area (Å²) in [4.78, 5) is 19.2. The van der Waals surface area contributed by atoms with Gasteiger partial charge in [-0.15, -0.1) is 0 Å². The average Bonchev–Trinajstić information content (AvgIpc) is 3.01. The van der Waals surface area contributed by atoms with Gasteiger partial charge in [0.25, 0.3) is 5.72 Å². The number of fused-ring (bicyclic) bond motifs is 1. The predicted octanol–water partition coefficient (Wildman–Crippen LogP) is 2.99. The Balaban J connectivity index is 1.95. The second kappa shape index (κ2) is 6.56. The molecule has 1 fully saturated rings. The van der Waals surface area contributed by atoms with E-state index in [0.717, 1.165) is 0 Å². The molecule has 1 aromatic carbocycles. The van der Waals surface area contributed by atoms with Crippen molar-refractivity contribution in [3.63, 3.8) is 0 Å². The molecular weight excluding hydrogens is 383 g/mol. The van der Waals surface area contributed by atoms with E-state index in [0.29, 0.717) is 27.7 Å². The zero-order chi connectivity index (χ0) is 19.3. The highest BCUT2D eigenvalue weighted by molar-refractivity contribution is 6.35. The molecule has 7 nitrogen and oxygen atoms in total. The Morgan fingerprint density at radius 2 is 1.96 bits per heavy atom. The zero-order valence-corrected chi connectivity index (χ0v) is 16.1. The van der Waals surface area contributed by atoms with Crippen LogP contribution < -0.4 is 0 Å². The van der Waals surface area contributed by atoms with Gasteiger partial charge in [-0.2, -0.15) is 0 Å². The molecule has 0 aliphatic carbocycles. The van der Waals surface area contributed by atoms with Gasteiger partial charge in [0.1, 0.15) is 5.60 Å². The molecule has 2 N–H and O–H groups in total. The molecule has 2 unspecified atom stereocenters. The molecule has 0 spiro atoms. The van der Waals surface area contributed by atoms with Crippen LogP contribution in [0, 0.1) is 5.92 Å². The molecule has 0 radical (unpaired) electrons. The molecule has 1 amide bonds. The molecule has 2 aliphatic rings. The van der Waals surface area contributed by atoms with Gasteiger partial charge >= 0.3 is 6.09 Å². The van der Waals surface area contributed by atoms with Crippen molar-refractivity contribution in [2.75, 3.05) is 6.54 Å². The molecule has 142 valence electrons. The Kier molecular flexibility index (Phi) is 4.85. The standard InChI is InChI=1S/C17H20Cl2N2O5/c1-16(2,3)25-15(24)21-5-4-12-13(20-26-17(12,21)14(22)23)9-6-10(18)8-11(19)7-9/h6-8,12,14,22-23H,4-5H2,1-3H3. The number of halogens is 2. The number of aliphatic hydroxyl groups is 2. The lowest BCUT2D eigenvalue weighted by Gasteiger charge is -2.37. The third kappa shape index (κ3) is 3.24. The van der Waals surface area contributed by atoms with Crippen molar-refractivity contribution in [1.29, 1.82) is 0 Å². The Hall–Kier alpha value is -1.54. The SMILES string of the molecule is CC(C)(C)OC(=O)N1CCC2C(c3cc(Cl)cc(Cl)c3)=NOC21C(O)O. The van der Waals surface area contributed by atoms with E-state index in [1.165, 1.54) is 4.90 Å². The minimum atomic E-state index is -1.97. The monoisotopic (exact) mass is 402 g/mol. The first-order valence-corrected chi connectivity index (χ1v) is 8.89. The van der Waals surface area contributed by atoms with Crippen molar-refractivity contribution in [1.82, 2.24) is 4.90 Å². The smallest absolute Gasteiger partial charge is 0.413 e. The number of aliphatic hydroxyl groups excluding tert-OH is 1. The highest BCUT2D eigenvalue weighted by atomic mass is 35.5. The summed E-state index contributed by atoms with van der Waals surface area (Å²) < 4.78 is 5.38. The van der Waals surface area contributed by atoms with Crippen molar-refractivity contribution < 1.29 is 24.6 Å². The van der Waals surface area contributed by atoms with Gasteiger partial charge in [0.05, 0.1) is 11.6 Å². The van der Waals surface area contributed by atoms with Crippen LogP contribution in [0.25, 0.3) is 0 Å². The van der Waals surface area contributed by atoms with Gasteiger partial charge in [0.2, 0.25) is 6.29 Å². The second-order valence-electron chi connectivity index (χ2n) is 7.32. The predicted molar refractivity (Wildman–Crippen MR) is 96.1 cm³/mol. The number of hydrogen-bond acceptors (Lipinski definition) is 6. The number of amides is 1. The topological polar surface area (TPSA) is 91.6 Å². The van der Waals surface area contributed by atoms with Crippen LogP contribution in [0.3, 0.4) is 0 Å². The largest absolute Gasteiger partial charge is 0.444 e. The molecule has 1 aromatic rings. The van der Waals surface area contributed by atoms with Crippen LogP contribution >= 0.6 is 23.2 Å². The number of likely N-dealkylation sites (tertiary alicyclic amines) is 1. The Bertz CT molecular complexity index is 742. The molecule has 0 aromatic heterocycles. The molecule has 2 heterocycles. The summed E-state index contributed by atoms with van der Waals surface area (Å²) in [5.41, 5.74) is -1.43. The number of ether oxygens (including phenoxy) is 1. The fraction of sp³-hybridized carbons (Fsp3) is 0.529. The molecule has 9 heteroatoms. The van der Waals surface area contributed by atoms with Crippen molar-refractivity contribution in [2.45, 2.75) is 44.8 Å². The lowest BCUT2D eigenvalue weighted by atomic mass is 9.88. The minimum Gasteiger partial charge on any atom is -0.444 e. The lowest BCUT2D eigenvalue weighted by molar-refractivity contribution is -0.255. The van der Waals surface area contributed by atoms with Gasteiger partial charge in [-0.25, -0.2) is 4.79 Å². The highest BCUT2D eigenvalue weighted by Crippen LogP contribution is 2.45. The van der Waals surface area contributed by atoms with E-state index in [1.54, 1.807) is 39.0 Å². The number of nitrogens with zero attached hydrogens (tertiary/aromatic N) is 2. The summed E-state index contributed by atoms with van der Waals surface area (Å²) in [6.07, 6.45) is -2.26. The maximum Gasteiger partial charge on any atom is 0.413 e. The van der Waals surface area contributed by atoms with E-state index in [4.69, 9.17) is 32.8 Å². The number of benzene rings is 1. The minimum absolute atomic E-state index is 0.227. The van der Waals surface area contributed by atoms with E-state index in [9.17, 15) is 15.0 Å². The summed E-state index contributed by atoms with van der Waals surface area (Å²) in [6, 6.07) is 4.90. The van der Waals surface area contributed by atoms with Gasteiger partial charge in [0.15, 0.2) is 0 Å². The van der Waals surface area contributed by atoms with E-state index in [2.05, 4.69) is 5.16 Å². The summed E-state index contributed by atoms with van der Waals surface area (Å²) in [5, 5.41) is 25.0. The van der Waals surface area contributed by atoms with Crippen LogP contribution in [0.15, 0.2) is 23.4 Å². The van der Waals surface area contributed by atoms with E-state index >= 15 is 0 Å². The average molecular weight is 403 g/mol. The van der Waals surface area contributed by atoms with Crippen LogP contribution in [0.1, 0.15) is 32.8 Å². The van der Waals surface area contributed by atoms with Gasteiger partial charge in [0, 0.05) is 22.2 Å². The fourth-order valence-corrected chi connectivity index (χ4v) is 3.86. The summed E-state index contributed by atoms with van der Waals surface area (Å²) in [6.45, 7) is 5.41. The Labute approximate surface area is 161 Å². The third-order valence-electron chi connectivity index (χ3n) is 4.32. The molecule has 0 saturated carbocycles. The van der Waals surface area contributed by atoms with Crippen LogP contribution in [0.4, 0.5) is 4.79 Å². The summed E-state index contributed by atoms with van der Waals surface area (Å²) in [5.74, 6) is -0.565. The number of hydrogen-bond donors (Lipinski definition) is 2. The molecule has 26 heavy (non-hydrogen) atoms. The molecule has 2 atom stereocenters. The van der Waals surface area contributed by atoms with E-state index in [1.807, 2.05) is 0 Å². The maximum atomic E-state index is 12.6. The molecule has 3 rings (SSSR count). The zero-order valence-electron chi connectivity index (χ0n) is 14.6. The summed E-state index contributed by atoms with van der Waals surface area (Å²) in [7, 11) is 0. The van der Waals surface area contributed by atoms with Gasteiger partial charge in [-0.1, -0.05) is 28.4 Å². The van der Waals surface area contributed by atoms with Crippen molar-refractivity contribution in [3.8, 4) is 0 Å². The molecular formula is C17H20Cl2N2O5. The van der Waals surface area contributed by atoms with E-state index < -0.39 is 29.6 Å². The number of rotatable bonds is 2. The van der Waals surface area contributed by atoms with Crippen LogP contribution in [0.5, 0.6) is 0 Å². The quantitative estimate of drug-likeness (QED) is 0.741. The number of carbonyl (C=O) groups is 1.